The number of ketones is 1. The molecule has 2 aromatic rings. The average Bonchev–Trinajstić information content (AvgIpc) is 3.27. The first-order valence-corrected chi connectivity index (χ1v) is 9.34. The lowest BCUT2D eigenvalue weighted by molar-refractivity contribution is -0.117. The maximum absolute atomic E-state index is 13.3. The molecule has 1 amide bonds. The first-order valence-electron chi connectivity index (χ1n) is 7.47. The van der Waals surface area contributed by atoms with Crippen molar-refractivity contribution in [2.24, 2.45) is 0 Å². The fourth-order valence-corrected chi connectivity index (χ4v) is 4.13. The standard InChI is InChI=1S/C18H13FN2O2S2/c19-12-5-3-11(4-6-12)13(8-15(22)16-2-1-7-24-16)14(9-20)18-21-17(23)10-25-18/h1-7,13H,8,10H2,(H,21,23). The second kappa shape index (κ2) is 7.64. The Morgan fingerprint density at radius 3 is 2.64 bits per heavy atom. The number of benzene rings is 1. The Kier molecular flexibility index (Phi) is 5.31. The third-order valence-corrected chi connectivity index (χ3v) is 5.70. The summed E-state index contributed by atoms with van der Waals surface area (Å²) in [6.07, 6.45) is 0.0783. The van der Waals surface area contributed by atoms with E-state index in [1.165, 1.54) is 35.2 Å². The van der Waals surface area contributed by atoms with E-state index in [1.54, 1.807) is 24.3 Å². The number of amides is 1. The van der Waals surface area contributed by atoms with Crippen molar-refractivity contribution in [3.8, 4) is 6.07 Å². The van der Waals surface area contributed by atoms with Crippen molar-refractivity contribution in [2.45, 2.75) is 12.3 Å². The summed E-state index contributed by atoms with van der Waals surface area (Å²) in [6.45, 7) is 0. The average molecular weight is 372 g/mol. The lowest BCUT2D eigenvalue weighted by Crippen LogP contribution is -2.18. The number of Topliss-reactive ketones (excluding diaryl/α,β-unsaturated/α-hetero) is 1. The molecular weight excluding hydrogens is 359 g/mol. The summed E-state index contributed by atoms with van der Waals surface area (Å²) >= 11 is 2.59. The summed E-state index contributed by atoms with van der Waals surface area (Å²) in [7, 11) is 0. The van der Waals surface area contributed by atoms with Gasteiger partial charge in [0.1, 0.15) is 5.82 Å². The predicted octanol–water partition coefficient (Wildman–Crippen LogP) is 3.84. The molecule has 1 aromatic heterocycles. The minimum absolute atomic E-state index is 0.0783. The maximum Gasteiger partial charge on any atom is 0.235 e. The number of carbonyl (C=O) groups excluding carboxylic acids is 2. The highest BCUT2D eigenvalue weighted by molar-refractivity contribution is 8.04. The molecule has 126 valence electrons. The third kappa shape index (κ3) is 3.98. The molecule has 0 radical (unpaired) electrons. The van der Waals surface area contributed by atoms with E-state index in [4.69, 9.17) is 0 Å². The van der Waals surface area contributed by atoms with Crippen molar-refractivity contribution in [3.63, 3.8) is 0 Å². The SMILES string of the molecule is N#CC(=C1NC(=O)CS1)C(CC(=O)c1cccs1)c1ccc(F)cc1. The van der Waals surface area contributed by atoms with Gasteiger partial charge in [-0.15, -0.1) is 11.3 Å². The van der Waals surface area contributed by atoms with Crippen LogP contribution >= 0.6 is 23.1 Å². The molecule has 1 saturated heterocycles. The molecule has 0 spiro atoms. The van der Waals surface area contributed by atoms with Gasteiger partial charge in [0.15, 0.2) is 5.78 Å². The van der Waals surface area contributed by atoms with Crippen LogP contribution in [0.25, 0.3) is 0 Å². The second-order valence-corrected chi connectivity index (χ2v) is 7.33. The van der Waals surface area contributed by atoms with Gasteiger partial charge in [-0.2, -0.15) is 5.26 Å². The van der Waals surface area contributed by atoms with Crippen LogP contribution in [0.5, 0.6) is 0 Å². The molecule has 2 heterocycles. The van der Waals surface area contributed by atoms with E-state index in [0.717, 1.165) is 0 Å². The molecule has 1 aromatic carbocycles. The van der Waals surface area contributed by atoms with Gasteiger partial charge in [0.2, 0.25) is 5.91 Å². The number of nitriles is 1. The van der Waals surface area contributed by atoms with Gasteiger partial charge in [-0.1, -0.05) is 30.0 Å². The first-order chi connectivity index (χ1) is 12.1. The molecule has 0 saturated carbocycles. The lowest BCUT2D eigenvalue weighted by atomic mass is 9.87. The summed E-state index contributed by atoms with van der Waals surface area (Å²) in [5, 5.41) is 14.6. The van der Waals surface area contributed by atoms with Crippen molar-refractivity contribution >= 4 is 34.8 Å². The Labute approximate surface area is 152 Å². The highest BCUT2D eigenvalue weighted by Gasteiger charge is 2.28. The summed E-state index contributed by atoms with van der Waals surface area (Å²) in [6, 6.07) is 11.4. The zero-order valence-corrected chi connectivity index (χ0v) is 14.6. The molecule has 3 rings (SSSR count). The van der Waals surface area contributed by atoms with Crippen molar-refractivity contribution in [2.75, 3.05) is 5.75 Å². The number of thiophene rings is 1. The van der Waals surface area contributed by atoms with Crippen molar-refractivity contribution in [1.29, 1.82) is 5.26 Å². The fraction of sp³-hybridized carbons (Fsp3) is 0.167. The zero-order valence-electron chi connectivity index (χ0n) is 13.0. The molecule has 0 aliphatic carbocycles. The van der Waals surface area contributed by atoms with Crippen molar-refractivity contribution in [1.82, 2.24) is 5.32 Å². The second-order valence-electron chi connectivity index (χ2n) is 5.40. The molecule has 1 atom stereocenters. The van der Waals surface area contributed by atoms with Gasteiger partial charge in [0.05, 0.1) is 27.3 Å². The number of allylic oxidation sites excluding steroid dienone is 1. The largest absolute Gasteiger partial charge is 0.319 e. The minimum Gasteiger partial charge on any atom is -0.319 e. The number of carbonyl (C=O) groups is 2. The van der Waals surface area contributed by atoms with Crippen LogP contribution < -0.4 is 5.32 Å². The van der Waals surface area contributed by atoms with Crippen LogP contribution in [0.15, 0.2) is 52.4 Å². The van der Waals surface area contributed by atoms with Crippen LogP contribution in [-0.2, 0) is 4.79 Å². The third-order valence-electron chi connectivity index (χ3n) is 3.77. The Morgan fingerprint density at radius 2 is 2.08 bits per heavy atom. The van der Waals surface area contributed by atoms with Gasteiger partial charge in [0, 0.05) is 12.3 Å². The normalized spacial score (nSPS) is 16.9. The molecule has 1 aliphatic heterocycles. The topological polar surface area (TPSA) is 70.0 Å². The van der Waals surface area contributed by atoms with Gasteiger partial charge >= 0.3 is 0 Å². The van der Waals surface area contributed by atoms with Gasteiger partial charge in [-0.05, 0) is 29.1 Å². The van der Waals surface area contributed by atoms with Crippen LogP contribution in [0.3, 0.4) is 0 Å². The van der Waals surface area contributed by atoms with E-state index in [1.807, 2.05) is 5.38 Å². The Balaban J connectivity index is 1.99. The highest BCUT2D eigenvalue weighted by atomic mass is 32.2. The molecule has 1 aliphatic rings. The van der Waals surface area contributed by atoms with Gasteiger partial charge in [-0.3, -0.25) is 9.59 Å². The monoisotopic (exact) mass is 372 g/mol. The summed E-state index contributed by atoms with van der Waals surface area (Å²) in [5.41, 5.74) is 0.990. The minimum atomic E-state index is -0.541. The van der Waals surface area contributed by atoms with Gasteiger partial charge in [0.25, 0.3) is 0 Å². The van der Waals surface area contributed by atoms with Crippen LogP contribution in [0.1, 0.15) is 27.6 Å². The highest BCUT2D eigenvalue weighted by Crippen LogP contribution is 2.35. The number of nitrogens with one attached hydrogen (secondary N) is 1. The Bertz CT molecular complexity index is 867. The number of nitrogens with zero attached hydrogens (tertiary/aromatic N) is 1. The van der Waals surface area contributed by atoms with Crippen LogP contribution in [-0.4, -0.2) is 17.4 Å². The van der Waals surface area contributed by atoms with Crippen molar-refractivity contribution < 1.29 is 14.0 Å². The molecule has 4 nitrogen and oxygen atoms in total. The van der Waals surface area contributed by atoms with E-state index in [9.17, 15) is 19.2 Å². The molecule has 0 bridgehead atoms. The number of rotatable bonds is 5. The molecule has 1 unspecified atom stereocenters. The summed E-state index contributed by atoms with van der Waals surface area (Å²) < 4.78 is 13.3. The number of hydrogen-bond acceptors (Lipinski definition) is 5. The molecule has 1 fully saturated rings. The maximum atomic E-state index is 13.3. The van der Waals surface area contributed by atoms with Crippen molar-refractivity contribution in [3.05, 3.63) is 68.6 Å². The fourth-order valence-electron chi connectivity index (χ4n) is 2.57. The zero-order chi connectivity index (χ0) is 17.8. The number of hydrogen-bond donors (Lipinski definition) is 1. The van der Waals surface area contributed by atoms with E-state index in [-0.39, 0.29) is 29.7 Å². The van der Waals surface area contributed by atoms with Gasteiger partial charge < -0.3 is 5.32 Å². The van der Waals surface area contributed by atoms with E-state index < -0.39 is 5.92 Å². The lowest BCUT2D eigenvalue weighted by Gasteiger charge is -2.17. The van der Waals surface area contributed by atoms with Gasteiger partial charge in [-0.25, -0.2) is 4.39 Å². The summed E-state index contributed by atoms with van der Waals surface area (Å²) in [4.78, 5) is 24.7. The molecule has 7 heteroatoms. The molecule has 25 heavy (non-hydrogen) atoms. The Morgan fingerprint density at radius 1 is 1.32 bits per heavy atom. The smallest absolute Gasteiger partial charge is 0.235 e. The molecular formula is C18H13FN2O2S2. The van der Waals surface area contributed by atoms with E-state index in [0.29, 0.717) is 21.0 Å². The quantitative estimate of drug-likeness (QED) is 0.639. The van der Waals surface area contributed by atoms with Crippen LogP contribution in [0, 0.1) is 17.1 Å². The predicted molar refractivity (Wildman–Crippen MR) is 95.6 cm³/mol. The first kappa shape index (κ1) is 17.4. The number of thioether (sulfide) groups is 1. The molecule has 1 N–H and O–H groups in total. The van der Waals surface area contributed by atoms with E-state index in [2.05, 4.69) is 11.4 Å². The van der Waals surface area contributed by atoms with E-state index >= 15 is 0 Å². The van der Waals surface area contributed by atoms with Crippen LogP contribution in [0.2, 0.25) is 0 Å². The Hall–Kier alpha value is -2.43. The number of halogens is 1. The summed E-state index contributed by atoms with van der Waals surface area (Å²) in [5.74, 6) is -0.944. The van der Waals surface area contributed by atoms with Crippen LogP contribution in [0.4, 0.5) is 4.39 Å².